The lowest BCUT2D eigenvalue weighted by Crippen LogP contribution is -2.16. The van der Waals surface area contributed by atoms with Gasteiger partial charge in [0, 0.05) is 21.9 Å². The molecule has 4 nitrogen and oxygen atoms in total. The smallest absolute Gasteiger partial charge is 0.154 e. The number of benzene rings is 6. The lowest BCUT2D eigenvalue weighted by molar-refractivity contribution is 0.669. The van der Waals surface area contributed by atoms with Crippen molar-refractivity contribution in [2.45, 2.75) is 0 Å². The Labute approximate surface area is 219 Å². The van der Waals surface area contributed by atoms with Crippen LogP contribution in [-0.2, 0) is 0 Å². The fourth-order valence-electron chi connectivity index (χ4n) is 5.34. The van der Waals surface area contributed by atoms with Crippen molar-refractivity contribution in [1.82, 2.24) is 0 Å². The van der Waals surface area contributed by atoms with Gasteiger partial charge in [0.1, 0.15) is 17.0 Å². The molecule has 0 unspecified atom stereocenters. The molecule has 0 aliphatic carbocycles. The molecule has 0 spiro atoms. The number of nitrogens with zero attached hydrogens (tertiary/aromatic N) is 1. The first-order valence-electron chi connectivity index (χ1n) is 12.5. The molecule has 0 bridgehead atoms. The van der Waals surface area contributed by atoms with Gasteiger partial charge in [0.25, 0.3) is 0 Å². The number of aliphatic imine (C=N–C) groups is 1. The van der Waals surface area contributed by atoms with Crippen LogP contribution in [0, 0.1) is 5.41 Å². The Balaban J connectivity index is 1.36. The minimum Gasteiger partial charge on any atom is -0.456 e. The van der Waals surface area contributed by atoms with Gasteiger partial charge < -0.3 is 10.2 Å². The number of fused-ring (bicyclic) bond motifs is 5. The van der Waals surface area contributed by atoms with Crippen molar-refractivity contribution in [3.8, 4) is 11.1 Å². The monoisotopic (exact) mass is 489 g/mol. The molecule has 0 aliphatic rings. The second kappa shape index (κ2) is 8.71. The van der Waals surface area contributed by atoms with Crippen molar-refractivity contribution in [2.75, 3.05) is 0 Å². The van der Waals surface area contributed by atoms with E-state index in [0.29, 0.717) is 5.84 Å². The van der Waals surface area contributed by atoms with Crippen LogP contribution in [0.4, 0.5) is 0 Å². The second-order valence-electron chi connectivity index (χ2n) is 9.39. The van der Waals surface area contributed by atoms with Crippen LogP contribution in [0.1, 0.15) is 11.1 Å². The molecule has 7 rings (SSSR count). The highest BCUT2D eigenvalue weighted by atomic mass is 16.3. The first-order chi connectivity index (χ1) is 18.7. The molecule has 6 aromatic carbocycles. The van der Waals surface area contributed by atoms with E-state index in [9.17, 15) is 0 Å². The van der Waals surface area contributed by atoms with Gasteiger partial charge in [-0.3, -0.25) is 5.41 Å². The van der Waals surface area contributed by atoms with Crippen molar-refractivity contribution >= 4 is 55.2 Å². The summed E-state index contributed by atoms with van der Waals surface area (Å²) in [5.41, 5.74) is 12.0. The van der Waals surface area contributed by atoms with E-state index in [4.69, 9.17) is 15.6 Å². The van der Waals surface area contributed by atoms with Crippen LogP contribution in [0.25, 0.3) is 54.6 Å². The predicted octanol–water partition coefficient (Wildman–Crippen LogP) is 8.29. The summed E-state index contributed by atoms with van der Waals surface area (Å²) in [7, 11) is 0. The summed E-state index contributed by atoms with van der Waals surface area (Å²) in [5.74, 6) is 0.453. The standard InChI is InChI=1S/C34H23N3O/c35-33(23-17-16-21-8-1-2-9-22(21)20-23)37-34(36)28-19-18-26(24-10-3-4-11-25(24)28)27-13-7-15-31-32(27)29-12-5-6-14-30(29)38-31/h1-20H,(H3,35,36,37). The van der Waals surface area contributed by atoms with Crippen LogP contribution in [-0.4, -0.2) is 11.7 Å². The van der Waals surface area contributed by atoms with Gasteiger partial charge in [-0.05, 0) is 50.9 Å². The third kappa shape index (κ3) is 3.54. The van der Waals surface area contributed by atoms with Crippen LogP contribution in [0.5, 0.6) is 0 Å². The maximum Gasteiger partial charge on any atom is 0.154 e. The third-order valence-corrected chi connectivity index (χ3v) is 7.15. The molecule has 0 saturated carbocycles. The molecule has 0 aliphatic heterocycles. The molecule has 0 saturated heterocycles. The summed E-state index contributed by atoms with van der Waals surface area (Å²) < 4.78 is 6.14. The SMILES string of the molecule is N=C(/N=C(\N)c1ccc(-c2cccc3oc4ccccc4c23)c2ccccc12)c1ccc2ccccc2c1. The molecule has 0 atom stereocenters. The number of furan rings is 1. The van der Waals surface area contributed by atoms with E-state index in [1.165, 1.54) is 0 Å². The van der Waals surface area contributed by atoms with E-state index in [1.807, 2.05) is 84.9 Å². The first-order valence-corrected chi connectivity index (χ1v) is 12.5. The Morgan fingerprint density at radius 2 is 1.32 bits per heavy atom. The second-order valence-corrected chi connectivity index (χ2v) is 9.39. The Morgan fingerprint density at radius 3 is 2.18 bits per heavy atom. The predicted molar refractivity (Wildman–Crippen MR) is 158 cm³/mol. The van der Waals surface area contributed by atoms with E-state index < -0.39 is 0 Å². The van der Waals surface area contributed by atoms with Crippen LogP contribution in [0.2, 0.25) is 0 Å². The maximum absolute atomic E-state index is 8.64. The maximum atomic E-state index is 8.64. The van der Waals surface area contributed by atoms with Crippen LogP contribution < -0.4 is 5.73 Å². The molecule has 1 aromatic heterocycles. The Hall–Kier alpha value is -5.22. The number of hydrogen-bond acceptors (Lipinski definition) is 2. The van der Waals surface area contributed by atoms with E-state index in [1.54, 1.807) is 0 Å². The number of amidine groups is 2. The molecule has 0 radical (unpaired) electrons. The highest BCUT2D eigenvalue weighted by Crippen LogP contribution is 2.39. The molecule has 38 heavy (non-hydrogen) atoms. The normalized spacial score (nSPS) is 12.1. The Morgan fingerprint density at radius 1 is 0.605 bits per heavy atom. The number of rotatable bonds is 3. The third-order valence-electron chi connectivity index (χ3n) is 7.15. The zero-order valence-electron chi connectivity index (χ0n) is 20.5. The molecule has 0 amide bonds. The molecule has 0 fully saturated rings. The summed E-state index contributed by atoms with van der Waals surface area (Å²) in [6.07, 6.45) is 0. The van der Waals surface area contributed by atoms with Crippen molar-refractivity contribution in [2.24, 2.45) is 10.7 Å². The number of para-hydroxylation sites is 1. The largest absolute Gasteiger partial charge is 0.456 e. The number of nitrogens with two attached hydrogens (primary N) is 1. The topological polar surface area (TPSA) is 75.4 Å². The summed E-state index contributed by atoms with van der Waals surface area (Å²) in [6, 6.07) is 40.6. The van der Waals surface area contributed by atoms with Gasteiger partial charge in [-0.15, -0.1) is 0 Å². The van der Waals surface area contributed by atoms with Gasteiger partial charge in [-0.25, -0.2) is 4.99 Å². The number of nitrogens with one attached hydrogen (secondary N) is 1. The minimum absolute atomic E-state index is 0.135. The zero-order chi connectivity index (χ0) is 25.6. The lowest BCUT2D eigenvalue weighted by atomic mass is 9.92. The summed E-state index contributed by atoms with van der Waals surface area (Å²) in [5, 5.41) is 15.1. The number of hydrogen-bond donors (Lipinski definition) is 2. The van der Waals surface area contributed by atoms with Gasteiger partial charge in [0.05, 0.1) is 0 Å². The molecular formula is C34H23N3O. The first kappa shape index (κ1) is 22.0. The van der Waals surface area contributed by atoms with Gasteiger partial charge in [-0.2, -0.15) is 0 Å². The van der Waals surface area contributed by atoms with Crippen molar-refractivity contribution in [3.63, 3.8) is 0 Å². The molecule has 4 heteroatoms. The summed E-state index contributed by atoms with van der Waals surface area (Å²) in [6.45, 7) is 0. The lowest BCUT2D eigenvalue weighted by Gasteiger charge is -2.13. The Bertz CT molecular complexity index is 2070. The fraction of sp³-hybridized carbons (Fsp3) is 0. The van der Waals surface area contributed by atoms with Crippen molar-refractivity contribution < 1.29 is 4.42 Å². The molecule has 3 N–H and O–H groups in total. The van der Waals surface area contributed by atoms with Crippen molar-refractivity contribution in [3.05, 3.63) is 132 Å². The van der Waals surface area contributed by atoms with E-state index in [0.717, 1.165) is 65.7 Å². The van der Waals surface area contributed by atoms with Gasteiger partial charge in [-0.1, -0.05) is 103 Å². The van der Waals surface area contributed by atoms with Crippen LogP contribution in [0.15, 0.2) is 131 Å². The molecule has 180 valence electrons. The Kier molecular flexibility index (Phi) is 5.05. The summed E-state index contributed by atoms with van der Waals surface area (Å²) in [4.78, 5) is 4.52. The average molecular weight is 490 g/mol. The summed E-state index contributed by atoms with van der Waals surface area (Å²) >= 11 is 0. The van der Waals surface area contributed by atoms with Gasteiger partial charge >= 0.3 is 0 Å². The molecule has 1 heterocycles. The highest BCUT2D eigenvalue weighted by molar-refractivity contribution is 6.20. The van der Waals surface area contributed by atoms with Gasteiger partial charge in [0.2, 0.25) is 0 Å². The quantitative estimate of drug-likeness (QED) is 0.193. The van der Waals surface area contributed by atoms with Gasteiger partial charge in [0.15, 0.2) is 5.84 Å². The minimum atomic E-state index is 0.135. The molecular weight excluding hydrogens is 466 g/mol. The van der Waals surface area contributed by atoms with Crippen LogP contribution in [0.3, 0.4) is 0 Å². The average Bonchev–Trinajstić information content (AvgIpc) is 3.35. The van der Waals surface area contributed by atoms with E-state index >= 15 is 0 Å². The molecule has 7 aromatic rings. The van der Waals surface area contributed by atoms with E-state index in [2.05, 4.69) is 41.4 Å². The van der Waals surface area contributed by atoms with Crippen LogP contribution >= 0.6 is 0 Å². The fourth-order valence-corrected chi connectivity index (χ4v) is 5.34. The van der Waals surface area contributed by atoms with Crippen molar-refractivity contribution in [1.29, 1.82) is 5.41 Å². The highest BCUT2D eigenvalue weighted by Gasteiger charge is 2.16. The zero-order valence-corrected chi connectivity index (χ0v) is 20.5. The van der Waals surface area contributed by atoms with E-state index in [-0.39, 0.29) is 5.84 Å².